The molecule has 0 amide bonds. The van der Waals surface area contributed by atoms with Gasteiger partial charge in [0.25, 0.3) is 0 Å². The fraction of sp³-hybridized carbons (Fsp3) is 0.250. The molecular weight excluding hydrogens is 254 g/mol. The first kappa shape index (κ1) is 12.4. The molecule has 2 aromatic heterocycles. The highest BCUT2D eigenvalue weighted by Gasteiger charge is 2.06. The van der Waals surface area contributed by atoms with Crippen LogP contribution in [0, 0.1) is 11.8 Å². The molecule has 2 heterocycles. The van der Waals surface area contributed by atoms with E-state index in [0.29, 0.717) is 28.4 Å². The second kappa shape index (κ2) is 5.52. The molecule has 0 saturated heterocycles. The molecular formula is C12H10ClN3O2. The third kappa shape index (κ3) is 2.60. The van der Waals surface area contributed by atoms with Crippen molar-refractivity contribution in [3.05, 3.63) is 23.2 Å². The third-order valence-corrected chi connectivity index (χ3v) is 2.46. The minimum absolute atomic E-state index is 0.0549. The van der Waals surface area contributed by atoms with Crippen molar-refractivity contribution in [3.63, 3.8) is 0 Å². The van der Waals surface area contributed by atoms with Crippen LogP contribution in [0.15, 0.2) is 12.5 Å². The predicted molar refractivity (Wildman–Crippen MR) is 67.0 cm³/mol. The molecule has 0 bridgehead atoms. The first-order chi connectivity index (χ1) is 8.72. The topological polar surface area (TPSA) is 67.9 Å². The average Bonchev–Trinajstić information content (AvgIpc) is 2.75. The molecule has 5 nitrogen and oxygen atoms in total. The molecule has 0 spiro atoms. The van der Waals surface area contributed by atoms with E-state index in [2.05, 4.69) is 26.8 Å². The number of ether oxygens (including phenoxy) is 1. The molecule has 18 heavy (non-hydrogen) atoms. The van der Waals surface area contributed by atoms with Gasteiger partial charge in [-0.1, -0.05) is 23.4 Å². The van der Waals surface area contributed by atoms with Crippen LogP contribution in [0.3, 0.4) is 0 Å². The van der Waals surface area contributed by atoms with Gasteiger partial charge >= 0.3 is 5.97 Å². The zero-order chi connectivity index (χ0) is 13.0. The number of nitrogens with zero attached hydrogens (tertiary/aromatic N) is 2. The summed E-state index contributed by atoms with van der Waals surface area (Å²) in [6.07, 6.45) is 3.11. The molecule has 2 rings (SSSR count). The van der Waals surface area contributed by atoms with E-state index in [1.54, 1.807) is 13.1 Å². The highest BCUT2D eigenvalue weighted by Crippen LogP contribution is 2.20. The van der Waals surface area contributed by atoms with Crippen molar-refractivity contribution in [1.29, 1.82) is 0 Å². The number of carbonyl (C=O) groups excluding carboxylic acids is 1. The quantitative estimate of drug-likeness (QED) is 0.511. The number of H-pyrrole nitrogens is 1. The number of aromatic amines is 1. The van der Waals surface area contributed by atoms with Gasteiger partial charge in [-0.25, -0.2) is 9.97 Å². The van der Waals surface area contributed by atoms with Crippen LogP contribution < -0.4 is 0 Å². The molecule has 0 aliphatic heterocycles. The van der Waals surface area contributed by atoms with E-state index >= 15 is 0 Å². The van der Waals surface area contributed by atoms with Gasteiger partial charge in [0.1, 0.15) is 23.8 Å². The SMILES string of the molecule is CCOC(=O)CC#Cc1c[nH]c2c(Cl)ncnc12. The molecule has 2 aromatic rings. The van der Waals surface area contributed by atoms with Gasteiger partial charge in [0.15, 0.2) is 5.15 Å². The van der Waals surface area contributed by atoms with E-state index in [9.17, 15) is 4.79 Å². The maximum absolute atomic E-state index is 11.1. The molecule has 0 radical (unpaired) electrons. The summed E-state index contributed by atoms with van der Waals surface area (Å²) >= 11 is 5.89. The Bertz CT molecular complexity index is 640. The van der Waals surface area contributed by atoms with Gasteiger partial charge in [-0.05, 0) is 6.92 Å². The Labute approximate surface area is 109 Å². The lowest BCUT2D eigenvalue weighted by Crippen LogP contribution is -2.01. The van der Waals surface area contributed by atoms with Gasteiger partial charge in [-0.2, -0.15) is 0 Å². The second-order valence-corrected chi connectivity index (χ2v) is 3.73. The van der Waals surface area contributed by atoms with E-state index < -0.39 is 0 Å². The van der Waals surface area contributed by atoms with Crippen LogP contribution in [0.2, 0.25) is 5.15 Å². The zero-order valence-electron chi connectivity index (χ0n) is 9.66. The van der Waals surface area contributed by atoms with E-state index in [1.165, 1.54) is 6.33 Å². The summed E-state index contributed by atoms with van der Waals surface area (Å²) in [6.45, 7) is 2.11. The van der Waals surface area contributed by atoms with Gasteiger partial charge in [-0.15, -0.1) is 0 Å². The first-order valence-corrected chi connectivity index (χ1v) is 5.72. The normalized spacial score (nSPS) is 9.89. The Morgan fingerprint density at radius 3 is 3.17 bits per heavy atom. The second-order valence-electron chi connectivity index (χ2n) is 3.37. The number of esters is 1. The standard InChI is InChI=1S/C12H10ClN3O2/c1-2-18-9(17)5-3-4-8-6-14-11-10(8)15-7-16-12(11)13/h6-7,14H,2,5H2,1H3. The molecule has 0 fully saturated rings. The number of aromatic nitrogens is 3. The average molecular weight is 264 g/mol. The number of rotatable bonds is 2. The summed E-state index contributed by atoms with van der Waals surface area (Å²) in [4.78, 5) is 22.0. The summed E-state index contributed by atoms with van der Waals surface area (Å²) in [5.74, 6) is 5.25. The Morgan fingerprint density at radius 1 is 1.56 bits per heavy atom. The maximum atomic E-state index is 11.1. The third-order valence-electron chi connectivity index (χ3n) is 2.18. The van der Waals surface area contributed by atoms with Crippen LogP contribution >= 0.6 is 11.6 Å². The monoisotopic (exact) mass is 263 g/mol. The Balaban J connectivity index is 2.20. The van der Waals surface area contributed by atoms with Crippen molar-refractivity contribution in [1.82, 2.24) is 15.0 Å². The smallest absolute Gasteiger partial charge is 0.317 e. The molecule has 6 heteroatoms. The fourth-order valence-electron chi connectivity index (χ4n) is 1.43. The van der Waals surface area contributed by atoms with Crippen LogP contribution in [0.4, 0.5) is 0 Å². The summed E-state index contributed by atoms with van der Waals surface area (Å²) < 4.78 is 4.77. The van der Waals surface area contributed by atoms with Crippen molar-refractivity contribution in [2.45, 2.75) is 13.3 Å². The summed E-state index contributed by atoms with van der Waals surface area (Å²) in [5.41, 5.74) is 1.96. The Kier molecular flexibility index (Phi) is 3.80. The highest BCUT2D eigenvalue weighted by atomic mass is 35.5. The molecule has 0 aliphatic rings. The van der Waals surface area contributed by atoms with Crippen LogP contribution in [0.1, 0.15) is 18.9 Å². The van der Waals surface area contributed by atoms with Crippen LogP contribution in [0.5, 0.6) is 0 Å². The lowest BCUT2D eigenvalue weighted by atomic mass is 10.3. The molecule has 0 aliphatic carbocycles. The summed E-state index contributed by atoms with van der Waals surface area (Å²) in [6, 6.07) is 0. The van der Waals surface area contributed by atoms with Gasteiger partial charge in [0.2, 0.25) is 0 Å². The van der Waals surface area contributed by atoms with Crippen LogP contribution in [0.25, 0.3) is 11.0 Å². The summed E-state index contributed by atoms with van der Waals surface area (Å²) in [5, 5.41) is 0.346. The highest BCUT2D eigenvalue weighted by molar-refractivity contribution is 6.33. The first-order valence-electron chi connectivity index (χ1n) is 5.34. The molecule has 1 N–H and O–H groups in total. The van der Waals surface area contributed by atoms with Gasteiger partial charge in [0, 0.05) is 6.20 Å². The van der Waals surface area contributed by atoms with Crippen LogP contribution in [-0.4, -0.2) is 27.5 Å². The van der Waals surface area contributed by atoms with Gasteiger partial charge in [-0.3, -0.25) is 4.79 Å². The minimum atomic E-state index is -0.336. The van der Waals surface area contributed by atoms with E-state index in [0.717, 1.165) is 0 Å². The number of fused-ring (bicyclic) bond motifs is 1. The van der Waals surface area contributed by atoms with Crippen molar-refractivity contribution in [2.75, 3.05) is 6.61 Å². The maximum Gasteiger partial charge on any atom is 0.317 e. The van der Waals surface area contributed by atoms with E-state index in [-0.39, 0.29) is 12.4 Å². The minimum Gasteiger partial charge on any atom is -0.465 e. The lowest BCUT2D eigenvalue weighted by molar-refractivity contribution is -0.141. The van der Waals surface area contributed by atoms with Crippen molar-refractivity contribution < 1.29 is 9.53 Å². The molecule has 0 unspecified atom stereocenters. The van der Waals surface area contributed by atoms with E-state index in [4.69, 9.17) is 16.3 Å². The van der Waals surface area contributed by atoms with Gasteiger partial charge < -0.3 is 9.72 Å². The van der Waals surface area contributed by atoms with Gasteiger partial charge in [0.05, 0.1) is 12.2 Å². The Hall–Kier alpha value is -2.06. The number of carbonyl (C=O) groups is 1. The van der Waals surface area contributed by atoms with Crippen LogP contribution in [-0.2, 0) is 9.53 Å². The largest absolute Gasteiger partial charge is 0.465 e. The van der Waals surface area contributed by atoms with E-state index in [1.807, 2.05) is 0 Å². The molecule has 0 atom stereocenters. The zero-order valence-corrected chi connectivity index (χ0v) is 10.4. The number of hydrogen-bond acceptors (Lipinski definition) is 4. The molecule has 92 valence electrons. The number of halogens is 1. The van der Waals surface area contributed by atoms with Crippen molar-refractivity contribution >= 4 is 28.6 Å². The molecule has 0 saturated carbocycles. The summed E-state index contributed by atoms with van der Waals surface area (Å²) in [7, 11) is 0. The number of nitrogens with one attached hydrogen (secondary N) is 1. The predicted octanol–water partition coefficient (Wildman–Crippen LogP) is 1.92. The lowest BCUT2D eigenvalue weighted by Gasteiger charge is -1.94. The molecule has 0 aromatic carbocycles. The number of hydrogen-bond donors (Lipinski definition) is 1. The fourth-order valence-corrected chi connectivity index (χ4v) is 1.62. The Morgan fingerprint density at radius 2 is 2.39 bits per heavy atom. The van der Waals surface area contributed by atoms with Crippen molar-refractivity contribution in [2.24, 2.45) is 0 Å². The van der Waals surface area contributed by atoms with Crippen molar-refractivity contribution in [3.8, 4) is 11.8 Å².